The van der Waals surface area contributed by atoms with Crippen molar-refractivity contribution in [2.45, 2.75) is 13.3 Å². The van der Waals surface area contributed by atoms with Crippen LogP contribution in [0.1, 0.15) is 16.8 Å². The van der Waals surface area contributed by atoms with E-state index in [1.54, 1.807) is 6.92 Å². The zero-order valence-corrected chi connectivity index (χ0v) is 11.3. The molecule has 0 bridgehead atoms. The molecule has 19 heavy (non-hydrogen) atoms. The molecule has 0 aliphatic heterocycles. The summed E-state index contributed by atoms with van der Waals surface area (Å²) >= 11 is 0. The molecule has 0 aliphatic rings. The lowest BCUT2D eigenvalue weighted by atomic mass is 10.0. The monoisotopic (exact) mass is 259 g/mol. The quantitative estimate of drug-likeness (QED) is 0.865. The fourth-order valence-electron chi connectivity index (χ4n) is 1.95. The zero-order chi connectivity index (χ0) is 14.0. The van der Waals surface area contributed by atoms with Crippen LogP contribution >= 0.6 is 0 Å². The Kier molecular flexibility index (Phi) is 3.55. The van der Waals surface area contributed by atoms with Crippen LogP contribution < -0.4 is 16.1 Å². The van der Waals surface area contributed by atoms with Gasteiger partial charge in [-0.2, -0.15) is 0 Å². The smallest absolute Gasteiger partial charge is 0.325 e. The van der Waals surface area contributed by atoms with Gasteiger partial charge in [0.05, 0.1) is 0 Å². The van der Waals surface area contributed by atoms with Crippen LogP contribution in [0.5, 0.6) is 0 Å². The lowest BCUT2D eigenvalue weighted by molar-refractivity contribution is 0.934. The summed E-state index contributed by atoms with van der Waals surface area (Å²) in [7, 11) is 3.96. The largest absolute Gasteiger partial charge is 0.378 e. The molecule has 100 valence electrons. The molecule has 0 atom stereocenters. The molecule has 2 N–H and O–H groups in total. The molecule has 1 heterocycles. The maximum Gasteiger partial charge on any atom is 0.325 e. The summed E-state index contributed by atoms with van der Waals surface area (Å²) in [5, 5.41) is 0. The number of H-pyrrole nitrogens is 2. The highest BCUT2D eigenvalue weighted by Gasteiger charge is 2.07. The van der Waals surface area contributed by atoms with Crippen molar-refractivity contribution in [3.8, 4) is 0 Å². The van der Waals surface area contributed by atoms with Crippen LogP contribution in [0, 0.1) is 6.92 Å². The molecule has 5 heteroatoms. The third kappa shape index (κ3) is 2.93. The first-order valence-corrected chi connectivity index (χ1v) is 6.05. The minimum Gasteiger partial charge on any atom is -0.378 e. The number of benzene rings is 1. The molecule has 0 unspecified atom stereocenters. The molecule has 0 amide bonds. The third-order valence-corrected chi connectivity index (χ3v) is 3.09. The molecular weight excluding hydrogens is 242 g/mol. The van der Waals surface area contributed by atoms with E-state index in [9.17, 15) is 9.59 Å². The van der Waals surface area contributed by atoms with Gasteiger partial charge in [0, 0.05) is 37.5 Å². The van der Waals surface area contributed by atoms with E-state index in [1.807, 2.05) is 43.3 Å². The molecule has 2 aromatic rings. The highest BCUT2D eigenvalue weighted by atomic mass is 16.2. The fraction of sp³-hybridized carbons (Fsp3) is 0.286. The number of aryl methyl sites for hydroxylation is 1. The highest BCUT2D eigenvalue weighted by molar-refractivity contribution is 5.46. The number of nitrogens with zero attached hydrogens (tertiary/aromatic N) is 1. The van der Waals surface area contributed by atoms with E-state index in [2.05, 4.69) is 9.97 Å². The maximum absolute atomic E-state index is 11.8. The van der Waals surface area contributed by atoms with Gasteiger partial charge in [-0.15, -0.1) is 0 Å². The van der Waals surface area contributed by atoms with E-state index in [-0.39, 0.29) is 5.56 Å². The van der Waals surface area contributed by atoms with Crippen molar-refractivity contribution >= 4 is 5.69 Å². The number of hydrogen-bond acceptors (Lipinski definition) is 3. The van der Waals surface area contributed by atoms with Crippen LogP contribution in [-0.4, -0.2) is 24.1 Å². The molecule has 0 spiro atoms. The van der Waals surface area contributed by atoms with Gasteiger partial charge in [-0.05, 0) is 24.6 Å². The average Bonchev–Trinajstić information content (AvgIpc) is 2.34. The Balaban J connectivity index is 2.31. The molecular formula is C14H17N3O2. The van der Waals surface area contributed by atoms with E-state index in [4.69, 9.17) is 0 Å². The second kappa shape index (κ2) is 5.14. The van der Waals surface area contributed by atoms with Crippen molar-refractivity contribution in [1.29, 1.82) is 0 Å². The van der Waals surface area contributed by atoms with Gasteiger partial charge < -0.3 is 9.88 Å². The SMILES string of the molecule is Cc1[nH]c(=O)[nH]c(=O)c1Cc1ccc(N(C)C)cc1. The van der Waals surface area contributed by atoms with Crippen LogP contribution in [0.4, 0.5) is 5.69 Å². The molecule has 0 aliphatic carbocycles. The van der Waals surface area contributed by atoms with Crippen molar-refractivity contribution in [3.63, 3.8) is 0 Å². The van der Waals surface area contributed by atoms with Gasteiger partial charge in [-0.1, -0.05) is 12.1 Å². The summed E-state index contributed by atoms with van der Waals surface area (Å²) in [5.74, 6) is 0. The Morgan fingerprint density at radius 1 is 1.05 bits per heavy atom. The number of nitrogens with one attached hydrogen (secondary N) is 2. The van der Waals surface area contributed by atoms with Crippen LogP contribution in [0.25, 0.3) is 0 Å². The first-order chi connectivity index (χ1) is 8.97. The highest BCUT2D eigenvalue weighted by Crippen LogP contribution is 2.14. The number of rotatable bonds is 3. The van der Waals surface area contributed by atoms with E-state index in [1.165, 1.54) is 0 Å². The molecule has 2 rings (SSSR count). The van der Waals surface area contributed by atoms with Crippen molar-refractivity contribution < 1.29 is 0 Å². The van der Waals surface area contributed by atoms with Gasteiger partial charge in [0.15, 0.2) is 0 Å². The number of anilines is 1. The second-order valence-corrected chi connectivity index (χ2v) is 4.75. The van der Waals surface area contributed by atoms with Gasteiger partial charge >= 0.3 is 5.69 Å². The van der Waals surface area contributed by atoms with Crippen molar-refractivity contribution in [2.24, 2.45) is 0 Å². The minimum atomic E-state index is -0.464. The Labute approximate surface area is 110 Å². The van der Waals surface area contributed by atoms with Gasteiger partial charge in [0.2, 0.25) is 0 Å². The van der Waals surface area contributed by atoms with Crippen molar-refractivity contribution in [3.05, 3.63) is 61.9 Å². The molecule has 0 saturated heterocycles. The van der Waals surface area contributed by atoms with Gasteiger partial charge in [0.25, 0.3) is 5.56 Å². The Hall–Kier alpha value is -2.30. The van der Waals surface area contributed by atoms with Crippen molar-refractivity contribution in [2.75, 3.05) is 19.0 Å². The Morgan fingerprint density at radius 2 is 1.68 bits per heavy atom. The first kappa shape index (κ1) is 13.1. The summed E-state index contributed by atoms with van der Waals surface area (Å²) in [6.07, 6.45) is 0.506. The molecule has 0 saturated carbocycles. The summed E-state index contributed by atoms with van der Waals surface area (Å²) in [4.78, 5) is 29.8. The standard InChI is InChI=1S/C14H17N3O2/c1-9-12(13(18)16-14(19)15-9)8-10-4-6-11(7-5-10)17(2)3/h4-7H,8H2,1-3H3,(H2,15,16,18,19). The molecule has 1 aromatic carbocycles. The van der Waals surface area contributed by atoms with Gasteiger partial charge in [-0.25, -0.2) is 4.79 Å². The number of hydrogen-bond donors (Lipinski definition) is 2. The zero-order valence-electron chi connectivity index (χ0n) is 11.3. The molecule has 0 fully saturated rings. The number of aromatic amines is 2. The molecule has 0 radical (unpaired) electrons. The van der Waals surface area contributed by atoms with Crippen LogP contribution in [0.3, 0.4) is 0 Å². The third-order valence-electron chi connectivity index (χ3n) is 3.09. The molecule has 1 aromatic heterocycles. The van der Waals surface area contributed by atoms with Gasteiger partial charge in [-0.3, -0.25) is 9.78 Å². The fourth-order valence-corrected chi connectivity index (χ4v) is 1.95. The van der Waals surface area contributed by atoms with Gasteiger partial charge in [0.1, 0.15) is 0 Å². The topological polar surface area (TPSA) is 69.0 Å². The lowest BCUT2D eigenvalue weighted by Crippen LogP contribution is -2.27. The molecule has 5 nitrogen and oxygen atoms in total. The normalized spacial score (nSPS) is 10.5. The van der Waals surface area contributed by atoms with E-state index >= 15 is 0 Å². The Bertz CT molecular complexity index is 681. The van der Waals surface area contributed by atoms with Crippen LogP contribution in [0.15, 0.2) is 33.9 Å². The lowest BCUT2D eigenvalue weighted by Gasteiger charge is -2.12. The Morgan fingerprint density at radius 3 is 2.21 bits per heavy atom. The summed E-state index contributed by atoms with van der Waals surface area (Å²) < 4.78 is 0. The summed E-state index contributed by atoms with van der Waals surface area (Å²) in [6, 6.07) is 7.98. The minimum absolute atomic E-state index is 0.321. The first-order valence-electron chi connectivity index (χ1n) is 6.05. The number of aromatic nitrogens is 2. The predicted molar refractivity (Wildman–Crippen MR) is 76.0 cm³/mol. The van der Waals surface area contributed by atoms with E-state index < -0.39 is 5.69 Å². The van der Waals surface area contributed by atoms with E-state index in [0.29, 0.717) is 17.7 Å². The maximum atomic E-state index is 11.8. The summed E-state index contributed by atoms with van der Waals surface area (Å²) in [6.45, 7) is 1.74. The van der Waals surface area contributed by atoms with Crippen LogP contribution in [0.2, 0.25) is 0 Å². The van der Waals surface area contributed by atoms with E-state index in [0.717, 1.165) is 11.3 Å². The van der Waals surface area contributed by atoms with Crippen LogP contribution in [-0.2, 0) is 6.42 Å². The predicted octanol–water partition coefficient (Wildman–Crippen LogP) is 1.03. The summed E-state index contributed by atoms with van der Waals surface area (Å²) in [5.41, 5.74) is 2.57. The average molecular weight is 259 g/mol. The van der Waals surface area contributed by atoms with Crippen molar-refractivity contribution in [1.82, 2.24) is 9.97 Å². The second-order valence-electron chi connectivity index (χ2n) is 4.75.